The molecule has 1 aromatic heterocycles. The number of carbonyl (C=O) groups excluding carboxylic acids is 3. The van der Waals surface area contributed by atoms with Gasteiger partial charge in [-0.25, -0.2) is 14.6 Å². The summed E-state index contributed by atoms with van der Waals surface area (Å²) in [5, 5.41) is 2.60. The van der Waals surface area contributed by atoms with Crippen LogP contribution < -0.4 is 10.8 Å². The number of esters is 1. The molecule has 1 rings (SSSR count). The lowest BCUT2D eigenvalue weighted by Gasteiger charge is -2.17. The average Bonchev–Trinajstić information content (AvgIpc) is 2.94. The van der Waals surface area contributed by atoms with Gasteiger partial charge in [-0.2, -0.15) is 5.48 Å². The third-order valence-electron chi connectivity index (χ3n) is 3.22. The predicted molar refractivity (Wildman–Crippen MR) is 89.0 cm³/mol. The van der Waals surface area contributed by atoms with E-state index < -0.39 is 23.4 Å². The third-order valence-corrected chi connectivity index (χ3v) is 3.22. The molecule has 0 aliphatic heterocycles. The second-order valence-corrected chi connectivity index (χ2v) is 6.66. The Morgan fingerprint density at radius 2 is 2.00 bits per heavy atom. The number of methoxy groups -OCH3 is 1. The number of carbonyl (C=O) groups is 3. The molecule has 0 fully saturated rings. The molecule has 9 heteroatoms. The highest BCUT2D eigenvalue weighted by Crippen LogP contribution is 2.13. The zero-order chi connectivity index (χ0) is 19.0. The van der Waals surface area contributed by atoms with Crippen LogP contribution in [0.3, 0.4) is 0 Å². The molecular weight excluding hydrogens is 328 g/mol. The second kappa shape index (κ2) is 9.16. The molecule has 1 heterocycles. The summed E-state index contributed by atoms with van der Waals surface area (Å²) in [6.07, 6.45) is 3.63. The van der Waals surface area contributed by atoms with Crippen molar-refractivity contribution in [3.05, 3.63) is 18.2 Å². The van der Waals surface area contributed by atoms with E-state index in [1.54, 1.807) is 37.9 Å². The van der Waals surface area contributed by atoms with Crippen molar-refractivity contribution in [1.82, 2.24) is 20.3 Å². The largest absolute Gasteiger partial charge is 0.467 e. The summed E-state index contributed by atoms with van der Waals surface area (Å²) in [7, 11) is 3.07. The molecule has 0 radical (unpaired) electrons. The third kappa shape index (κ3) is 7.34. The summed E-state index contributed by atoms with van der Waals surface area (Å²) >= 11 is 0. The molecule has 0 bridgehead atoms. The Morgan fingerprint density at radius 3 is 2.52 bits per heavy atom. The van der Waals surface area contributed by atoms with Crippen molar-refractivity contribution in [3.63, 3.8) is 0 Å². The van der Waals surface area contributed by atoms with Gasteiger partial charge in [-0.1, -0.05) is 0 Å². The molecule has 140 valence electrons. The quantitative estimate of drug-likeness (QED) is 0.387. The zero-order valence-corrected chi connectivity index (χ0v) is 15.3. The highest BCUT2D eigenvalue weighted by atomic mass is 16.7. The first-order valence-electron chi connectivity index (χ1n) is 7.91. The minimum Gasteiger partial charge on any atom is -0.467 e. The van der Waals surface area contributed by atoms with Gasteiger partial charge < -0.3 is 19.5 Å². The van der Waals surface area contributed by atoms with Gasteiger partial charge in [0.05, 0.1) is 24.5 Å². The lowest BCUT2D eigenvalue weighted by atomic mass is 9.98. The van der Waals surface area contributed by atoms with Gasteiger partial charge in [-0.3, -0.25) is 4.79 Å². The Balaban J connectivity index is 2.44. The van der Waals surface area contributed by atoms with Gasteiger partial charge in [0, 0.05) is 32.6 Å². The number of amides is 1. The van der Waals surface area contributed by atoms with Crippen LogP contribution >= 0.6 is 0 Å². The summed E-state index contributed by atoms with van der Waals surface area (Å²) in [6, 6.07) is -0.829. The van der Waals surface area contributed by atoms with Crippen LogP contribution in [0.4, 0.5) is 0 Å². The highest BCUT2D eigenvalue weighted by molar-refractivity contribution is 5.84. The average molecular weight is 354 g/mol. The van der Waals surface area contributed by atoms with Crippen LogP contribution in [0.5, 0.6) is 0 Å². The smallest absolute Gasteiger partial charge is 0.329 e. The Labute approximate surface area is 147 Å². The fourth-order valence-electron chi connectivity index (χ4n) is 1.82. The second-order valence-electron chi connectivity index (χ2n) is 6.66. The fourth-order valence-corrected chi connectivity index (χ4v) is 1.82. The highest BCUT2D eigenvalue weighted by Gasteiger charge is 2.24. The van der Waals surface area contributed by atoms with Crippen molar-refractivity contribution in [2.45, 2.75) is 39.7 Å². The molecule has 0 unspecified atom stereocenters. The van der Waals surface area contributed by atoms with Crippen molar-refractivity contribution < 1.29 is 24.0 Å². The molecule has 0 aliphatic carbocycles. The van der Waals surface area contributed by atoms with E-state index in [9.17, 15) is 14.4 Å². The van der Waals surface area contributed by atoms with Crippen LogP contribution in [0.15, 0.2) is 12.5 Å². The monoisotopic (exact) mass is 354 g/mol. The van der Waals surface area contributed by atoms with Crippen LogP contribution in [0.2, 0.25) is 0 Å². The molecule has 0 aromatic carbocycles. The first-order valence-corrected chi connectivity index (χ1v) is 7.91. The number of rotatable bonds is 8. The molecule has 0 saturated carbocycles. The molecule has 9 nitrogen and oxygen atoms in total. The molecule has 2 N–H and O–H groups in total. The van der Waals surface area contributed by atoms with Gasteiger partial charge in [0.15, 0.2) is 0 Å². The molecule has 0 aliphatic rings. The Morgan fingerprint density at radius 1 is 1.32 bits per heavy atom. The molecule has 1 atom stereocenters. The normalized spacial score (nSPS) is 12.4. The topological polar surface area (TPSA) is 112 Å². The van der Waals surface area contributed by atoms with Gasteiger partial charge in [-0.05, 0) is 20.8 Å². The SMILES string of the molecule is COC(=O)[C@H](Cc1cn(C)cn1)NC(=O)CCNOC(=O)C(C)(C)C. The minimum atomic E-state index is -0.829. The van der Waals surface area contributed by atoms with Crippen LogP contribution in [-0.4, -0.2) is 47.1 Å². The van der Waals surface area contributed by atoms with E-state index in [2.05, 4.69) is 15.8 Å². The number of imidazole rings is 1. The van der Waals surface area contributed by atoms with Crippen molar-refractivity contribution in [1.29, 1.82) is 0 Å². The summed E-state index contributed by atoms with van der Waals surface area (Å²) in [6.45, 7) is 5.30. The summed E-state index contributed by atoms with van der Waals surface area (Å²) in [5.74, 6) is -1.34. The van der Waals surface area contributed by atoms with E-state index in [0.29, 0.717) is 5.69 Å². The molecule has 1 aromatic rings. The van der Waals surface area contributed by atoms with E-state index in [1.165, 1.54) is 7.11 Å². The van der Waals surface area contributed by atoms with Gasteiger partial charge in [0.2, 0.25) is 5.91 Å². The lowest BCUT2D eigenvalue weighted by Crippen LogP contribution is -2.44. The van der Waals surface area contributed by atoms with E-state index in [1.807, 2.05) is 7.05 Å². The maximum atomic E-state index is 12.0. The Bertz CT molecular complexity index is 606. The van der Waals surface area contributed by atoms with Gasteiger partial charge in [0.25, 0.3) is 0 Å². The first kappa shape index (κ1) is 20.6. The van der Waals surface area contributed by atoms with Crippen LogP contribution in [0.25, 0.3) is 0 Å². The van der Waals surface area contributed by atoms with E-state index >= 15 is 0 Å². The first-order chi connectivity index (χ1) is 11.6. The predicted octanol–water partition coefficient (Wildman–Crippen LogP) is 0.104. The number of hydrogen-bond acceptors (Lipinski definition) is 7. The number of aromatic nitrogens is 2. The number of nitrogens with zero attached hydrogens (tertiary/aromatic N) is 2. The van der Waals surface area contributed by atoms with Crippen molar-refractivity contribution >= 4 is 17.8 Å². The van der Waals surface area contributed by atoms with Gasteiger partial charge in [-0.15, -0.1) is 0 Å². The number of nitrogens with one attached hydrogen (secondary N) is 2. The van der Waals surface area contributed by atoms with E-state index in [4.69, 9.17) is 9.57 Å². The molecule has 1 amide bonds. The summed E-state index contributed by atoms with van der Waals surface area (Å²) in [5.41, 5.74) is 2.48. The molecule has 0 spiro atoms. The van der Waals surface area contributed by atoms with Crippen molar-refractivity contribution in [2.75, 3.05) is 13.7 Å². The summed E-state index contributed by atoms with van der Waals surface area (Å²) < 4.78 is 6.46. The van der Waals surface area contributed by atoms with Gasteiger partial charge >= 0.3 is 11.9 Å². The lowest BCUT2D eigenvalue weighted by molar-refractivity contribution is -0.161. The summed E-state index contributed by atoms with van der Waals surface area (Å²) in [4.78, 5) is 44.4. The number of hydrogen-bond donors (Lipinski definition) is 2. The fraction of sp³-hybridized carbons (Fsp3) is 0.625. The van der Waals surface area contributed by atoms with E-state index in [-0.39, 0.29) is 25.3 Å². The number of hydroxylamine groups is 1. The molecular formula is C16H26N4O5. The standard InChI is InChI=1S/C16H26N4O5/c1-16(2,3)15(23)25-18-7-6-13(21)19-12(14(22)24-5)8-11-9-20(4)10-17-11/h9-10,12,18H,6-8H2,1-5H3,(H,19,21)/t12-/m0/s1. The van der Waals surface area contributed by atoms with Crippen molar-refractivity contribution in [2.24, 2.45) is 12.5 Å². The Hall–Kier alpha value is -2.42. The maximum absolute atomic E-state index is 12.0. The number of ether oxygens (including phenoxy) is 1. The van der Waals surface area contributed by atoms with Crippen molar-refractivity contribution in [3.8, 4) is 0 Å². The molecule has 25 heavy (non-hydrogen) atoms. The van der Waals surface area contributed by atoms with Gasteiger partial charge in [0.1, 0.15) is 6.04 Å². The Kier molecular flexibility index (Phi) is 7.56. The molecule has 0 saturated heterocycles. The van der Waals surface area contributed by atoms with Crippen LogP contribution in [-0.2, 0) is 37.4 Å². The maximum Gasteiger partial charge on any atom is 0.329 e. The number of aryl methyl sites for hydroxylation is 1. The minimum absolute atomic E-state index is 0.0349. The van der Waals surface area contributed by atoms with Crippen LogP contribution in [0.1, 0.15) is 32.9 Å². The van der Waals surface area contributed by atoms with Crippen LogP contribution in [0, 0.1) is 5.41 Å². The van der Waals surface area contributed by atoms with E-state index in [0.717, 1.165) is 0 Å². The zero-order valence-electron chi connectivity index (χ0n) is 15.3.